The van der Waals surface area contributed by atoms with Gasteiger partial charge in [0.1, 0.15) is 5.78 Å². The quantitative estimate of drug-likeness (QED) is 0.725. The van der Waals surface area contributed by atoms with Crippen LogP contribution in [-0.2, 0) is 4.79 Å². The topological polar surface area (TPSA) is 17.1 Å². The number of thioether (sulfide) groups is 1. The molecule has 0 aromatic carbocycles. The Labute approximate surface area is 97.4 Å². The molecule has 0 N–H and O–H groups in total. The molecule has 0 aromatic heterocycles. The normalized spacial score (nSPS) is 24.5. The zero-order chi connectivity index (χ0) is 10.5. The summed E-state index contributed by atoms with van der Waals surface area (Å²) in [6.45, 7) is 0. The molecule has 0 saturated heterocycles. The molecule has 2 rings (SSSR count). The molecule has 2 aliphatic rings. The van der Waals surface area contributed by atoms with Gasteiger partial charge in [-0.05, 0) is 25.7 Å². The smallest absolute Gasteiger partial charge is 0.145 e. The van der Waals surface area contributed by atoms with Crippen LogP contribution in [-0.4, -0.2) is 16.8 Å². The van der Waals surface area contributed by atoms with Gasteiger partial charge in [0.25, 0.3) is 0 Å². The molecule has 2 aliphatic carbocycles. The first kappa shape index (κ1) is 11.5. The molecular formula is C13H22OS. The molecular weight excluding hydrogens is 204 g/mol. The van der Waals surface area contributed by atoms with Crippen molar-refractivity contribution in [1.82, 2.24) is 0 Å². The van der Waals surface area contributed by atoms with Crippen LogP contribution in [0.3, 0.4) is 0 Å². The molecule has 0 amide bonds. The van der Waals surface area contributed by atoms with E-state index in [9.17, 15) is 4.79 Å². The Morgan fingerprint density at radius 3 is 2.20 bits per heavy atom. The van der Waals surface area contributed by atoms with Crippen molar-refractivity contribution in [2.75, 3.05) is 5.75 Å². The lowest BCUT2D eigenvalue weighted by atomic mass is 9.87. The molecule has 0 aliphatic heterocycles. The summed E-state index contributed by atoms with van der Waals surface area (Å²) in [5.74, 6) is 1.77. The highest BCUT2D eigenvalue weighted by molar-refractivity contribution is 8.00. The molecule has 2 saturated carbocycles. The van der Waals surface area contributed by atoms with E-state index in [2.05, 4.69) is 0 Å². The summed E-state index contributed by atoms with van der Waals surface area (Å²) in [7, 11) is 0. The second-order valence-electron chi connectivity index (χ2n) is 5.02. The zero-order valence-electron chi connectivity index (χ0n) is 9.54. The Morgan fingerprint density at radius 2 is 1.53 bits per heavy atom. The van der Waals surface area contributed by atoms with Crippen LogP contribution >= 0.6 is 11.8 Å². The molecule has 86 valence electrons. The van der Waals surface area contributed by atoms with Crippen LogP contribution < -0.4 is 0 Å². The molecule has 2 fully saturated rings. The fourth-order valence-corrected chi connectivity index (χ4v) is 4.10. The summed E-state index contributed by atoms with van der Waals surface area (Å²) in [4.78, 5) is 11.9. The highest BCUT2D eigenvalue weighted by Crippen LogP contribution is 2.31. The van der Waals surface area contributed by atoms with Gasteiger partial charge < -0.3 is 0 Å². The maximum Gasteiger partial charge on any atom is 0.145 e. The van der Waals surface area contributed by atoms with Crippen molar-refractivity contribution in [2.24, 2.45) is 5.92 Å². The van der Waals surface area contributed by atoms with Crippen LogP contribution in [0.1, 0.15) is 57.8 Å². The fraction of sp³-hybridized carbons (Fsp3) is 0.923. The summed E-state index contributed by atoms with van der Waals surface area (Å²) in [6, 6.07) is 0. The van der Waals surface area contributed by atoms with Gasteiger partial charge in [-0.15, -0.1) is 0 Å². The molecule has 1 nitrogen and oxygen atoms in total. The second kappa shape index (κ2) is 5.93. The molecule has 0 aromatic rings. The first-order valence-corrected chi connectivity index (χ1v) is 7.55. The van der Waals surface area contributed by atoms with Gasteiger partial charge in [0, 0.05) is 11.2 Å². The Bertz CT molecular complexity index is 203. The number of rotatable bonds is 4. The van der Waals surface area contributed by atoms with E-state index < -0.39 is 0 Å². The van der Waals surface area contributed by atoms with Crippen LogP contribution in [0.4, 0.5) is 0 Å². The van der Waals surface area contributed by atoms with E-state index in [1.54, 1.807) is 0 Å². The maximum absolute atomic E-state index is 11.9. The average Bonchev–Trinajstić information content (AvgIpc) is 2.80. The lowest BCUT2D eigenvalue weighted by Gasteiger charge is -2.20. The minimum Gasteiger partial charge on any atom is -0.298 e. The standard InChI is InChI=1S/C13H22OS/c14-13(11-6-2-1-3-7-11)10-15-12-8-4-5-9-12/h11-12H,1-10H2. The van der Waals surface area contributed by atoms with E-state index in [4.69, 9.17) is 0 Å². The van der Waals surface area contributed by atoms with E-state index in [1.807, 2.05) is 11.8 Å². The molecule has 0 spiro atoms. The third kappa shape index (κ3) is 3.51. The van der Waals surface area contributed by atoms with Crippen LogP contribution in [0, 0.1) is 5.92 Å². The number of hydrogen-bond acceptors (Lipinski definition) is 2. The Balaban J connectivity index is 1.66. The second-order valence-corrected chi connectivity index (χ2v) is 6.31. The van der Waals surface area contributed by atoms with Gasteiger partial charge in [0.2, 0.25) is 0 Å². The van der Waals surface area contributed by atoms with Crippen molar-refractivity contribution in [3.8, 4) is 0 Å². The van der Waals surface area contributed by atoms with E-state index >= 15 is 0 Å². The Morgan fingerprint density at radius 1 is 0.933 bits per heavy atom. The number of carbonyl (C=O) groups excluding carboxylic acids is 1. The molecule has 0 atom stereocenters. The summed E-state index contributed by atoms with van der Waals surface area (Å²) in [5, 5.41) is 0.803. The van der Waals surface area contributed by atoms with Crippen molar-refractivity contribution in [2.45, 2.75) is 63.0 Å². The molecule has 0 unspecified atom stereocenters. The largest absolute Gasteiger partial charge is 0.298 e. The predicted octanol–water partition coefficient (Wildman–Crippen LogP) is 3.81. The fourth-order valence-electron chi connectivity index (χ4n) is 2.80. The third-order valence-electron chi connectivity index (χ3n) is 3.82. The lowest BCUT2D eigenvalue weighted by Crippen LogP contribution is -2.20. The van der Waals surface area contributed by atoms with Gasteiger partial charge >= 0.3 is 0 Å². The van der Waals surface area contributed by atoms with Gasteiger partial charge in [-0.25, -0.2) is 0 Å². The van der Waals surface area contributed by atoms with Gasteiger partial charge in [-0.3, -0.25) is 4.79 Å². The number of Topliss-reactive ketones (excluding diaryl/α,β-unsaturated/α-hetero) is 1. The molecule has 15 heavy (non-hydrogen) atoms. The van der Waals surface area contributed by atoms with Crippen molar-refractivity contribution >= 4 is 17.5 Å². The summed E-state index contributed by atoms with van der Waals surface area (Å²) >= 11 is 1.94. The van der Waals surface area contributed by atoms with Gasteiger partial charge in [-0.1, -0.05) is 32.1 Å². The van der Waals surface area contributed by atoms with Gasteiger partial charge in [-0.2, -0.15) is 11.8 Å². The Kier molecular flexibility index (Phi) is 4.55. The van der Waals surface area contributed by atoms with Gasteiger partial charge in [0.15, 0.2) is 0 Å². The number of ketones is 1. The Hall–Kier alpha value is 0.0200. The summed E-state index contributed by atoms with van der Waals surface area (Å²) in [6.07, 6.45) is 11.7. The predicted molar refractivity (Wildman–Crippen MR) is 66.3 cm³/mol. The summed E-state index contributed by atoms with van der Waals surface area (Å²) in [5.41, 5.74) is 0. The SMILES string of the molecule is O=C(CSC1CCCC1)C1CCCCC1. The molecule has 0 radical (unpaired) electrons. The van der Waals surface area contributed by atoms with Crippen molar-refractivity contribution < 1.29 is 4.79 Å². The minimum atomic E-state index is 0.424. The molecule has 2 heteroatoms. The summed E-state index contributed by atoms with van der Waals surface area (Å²) < 4.78 is 0. The maximum atomic E-state index is 11.9. The number of carbonyl (C=O) groups is 1. The van der Waals surface area contributed by atoms with Crippen molar-refractivity contribution in [1.29, 1.82) is 0 Å². The lowest BCUT2D eigenvalue weighted by molar-refractivity contribution is -0.121. The number of hydrogen-bond donors (Lipinski definition) is 0. The highest BCUT2D eigenvalue weighted by atomic mass is 32.2. The van der Waals surface area contributed by atoms with Crippen LogP contribution in [0.5, 0.6) is 0 Å². The van der Waals surface area contributed by atoms with Gasteiger partial charge in [0.05, 0.1) is 5.75 Å². The van der Waals surface area contributed by atoms with Crippen molar-refractivity contribution in [3.63, 3.8) is 0 Å². The zero-order valence-corrected chi connectivity index (χ0v) is 10.4. The van der Waals surface area contributed by atoms with E-state index in [0.29, 0.717) is 11.7 Å². The van der Waals surface area contributed by atoms with Crippen molar-refractivity contribution in [3.05, 3.63) is 0 Å². The van der Waals surface area contributed by atoms with Crippen LogP contribution in [0.2, 0.25) is 0 Å². The van der Waals surface area contributed by atoms with E-state index in [-0.39, 0.29) is 0 Å². The monoisotopic (exact) mass is 226 g/mol. The van der Waals surface area contributed by atoms with E-state index in [1.165, 1.54) is 57.8 Å². The van der Waals surface area contributed by atoms with Crippen LogP contribution in [0.15, 0.2) is 0 Å². The van der Waals surface area contributed by atoms with E-state index in [0.717, 1.165) is 11.0 Å². The highest BCUT2D eigenvalue weighted by Gasteiger charge is 2.23. The molecule has 0 bridgehead atoms. The minimum absolute atomic E-state index is 0.424. The first-order chi connectivity index (χ1) is 7.36. The third-order valence-corrected chi connectivity index (χ3v) is 5.22. The van der Waals surface area contributed by atoms with Crippen LogP contribution in [0.25, 0.3) is 0 Å². The first-order valence-electron chi connectivity index (χ1n) is 6.50. The average molecular weight is 226 g/mol. The molecule has 0 heterocycles.